The zero-order valence-corrected chi connectivity index (χ0v) is 13.5. The minimum atomic E-state index is -0.503. The number of ether oxygens (including phenoxy) is 2. The van der Waals surface area contributed by atoms with Gasteiger partial charge >= 0.3 is 6.09 Å². The van der Waals surface area contributed by atoms with Gasteiger partial charge in [0.1, 0.15) is 19.2 Å². The van der Waals surface area contributed by atoms with Gasteiger partial charge in [0.25, 0.3) is 0 Å². The van der Waals surface area contributed by atoms with Crippen LogP contribution in [0.1, 0.15) is 44.9 Å². The lowest BCUT2D eigenvalue weighted by atomic mass is 9.88. The van der Waals surface area contributed by atoms with Crippen molar-refractivity contribution in [2.24, 2.45) is 0 Å². The summed E-state index contributed by atoms with van der Waals surface area (Å²) in [6.07, 6.45) is -0.426. The highest BCUT2D eigenvalue weighted by atomic mass is 16.6. The highest BCUT2D eigenvalue weighted by molar-refractivity contribution is 6.33. The molecule has 5 heteroatoms. The Labute approximate surface area is 122 Å². The third-order valence-electron chi connectivity index (χ3n) is 3.11. The Bertz CT molecular complexity index is 495. The predicted molar refractivity (Wildman–Crippen MR) is 83.7 cm³/mol. The second kappa shape index (κ2) is 6.20. The van der Waals surface area contributed by atoms with Gasteiger partial charge in [-0.15, -0.1) is 0 Å². The van der Waals surface area contributed by atoms with E-state index in [1.54, 1.807) is 7.11 Å². The summed E-state index contributed by atoms with van der Waals surface area (Å²) < 4.78 is 10.7. The van der Waals surface area contributed by atoms with Crippen LogP contribution in [0.15, 0.2) is 12.1 Å². The largest absolute Gasteiger partial charge is 0.496 e. The minimum absolute atomic E-state index is 0.181. The molecule has 1 atom stereocenters. The monoisotopic (exact) mass is 277 g/mol. The zero-order chi connectivity index (χ0) is 15.5. The summed E-state index contributed by atoms with van der Waals surface area (Å²) in [7, 11) is 3.68. The first kappa shape index (κ1) is 16.4. The van der Waals surface area contributed by atoms with Gasteiger partial charge in [0.2, 0.25) is 0 Å². The topological polar surface area (TPSA) is 47.6 Å². The van der Waals surface area contributed by atoms with Crippen LogP contribution in [-0.4, -0.2) is 26.7 Å². The molecule has 0 aliphatic heterocycles. The van der Waals surface area contributed by atoms with Crippen molar-refractivity contribution >= 4 is 19.4 Å². The maximum atomic E-state index is 11.8. The SMILES string of the molecule is Bc1ccc(C(C)NC(=O)OC(C)(C)C)c(OC)c1C. The summed E-state index contributed by atoms with van der Waals surface area (Å²) in [5, 5.41) is 2.83. The van der Waals surface area contributed by atoms with E-state index in [0.717, 1.165) is 22.3 Å². The van der Waals surface area contributed by atoms with Gasteiger partial charge in [-0.05, 0) is 40.2 Å². The summed E-state index contributed by atoms with van der Waals surface area (Å²) in [5.41, 5.74) is 2.69. The van der Waals surface area contributed by atoms with E-state index in [1.807, 2.05) is 54.6 Å². The summed E-state index contributed by atoms with van der Waals surface area (Å²) in [6.45, 7) is 9.45. The van der Waals surface area contributed by atoms with Gasteiger partial charge in [0, 0.05) is 5.56 Å². The van der Waals surface area contributed by atoms with Gasteiger partial charge in [-0.25, -0.2) is 4.79 Å². The van der Waals surface area contributed by atoms with Gasteiger partial charge in [-0.1, -0.05) is 17.6 Å². The van der Waals surface area contributed by atoms with Crippen LogP contribution in [0.5, 0.6) is 5.75 Å². The molecule has 0 spiro atoms. The lowest BCUT2D eigenvalue weighted by Gasteiger charge is -2.23. The van der Waals surface area contributed by atoms with Crippen LogP contribution < -0.4 is 15.5 Å². The van der Waals surface area contributed by atoms with Crippen molar-refractivity contribution in [2.75, 3.05) is 7.11 Å². The average molecular weight is 277 g/mol. The summed E-state index contributed by atoms with van der Waals surface area (Å²) in [6, 6.07) is 3.82. The maximum absolute atomic E-state index is 11.8. The molecule has 4 nitrogen and oxygen atoms in total. The van der Waals surface area contributed by atoms with Crippen LogP contribution in [0.25, 0.3) is 0 Å². The van der Waals surface area contributed by atoms with Gasteiger partial charge < -0.3 is 14.8 Å². The van der Waals surface area contributed by atoms with Crippen LogP contribution >= 0.6 is 0 Å². The molecule has 0 saturated heterocycles. The van der Waals surface area contributed by atoms with E-state index in [-0.39, 0.29) is 6.04 Å². The number of nitrogens with one attached hydrogen (secondary N) is 1. The third kappa shape index (κ3) is 4.18. The van der Waals surface area contributed by atoms with Crippen LogP contribution in [-0.2, 0) is 4.74 Å². The van der Waals surface area contributed by atoms with Crippen molar-refractivity contribution in [2.45, 2.75) is 46.3 Å². The van der Waals surface area contributed by atoms with E-state index in [9.17, 15) is 4.79 Å². The van der Waals surface area contributed by atoms with Gasteiger partial charge in [0.05, 0.1) is 13.2 Å². The lowest BCUT2D eigenvalue weighted by molar-refractivity contribution is 0.0507. The lowest BCUT2D eigenvalue weighted by Crippen LogP contribution is -2.34. The standard InChI is InChI=1S/C15H24BNO3/c1-9-12(16)8-7-11(13(9)19-6)10(2)17-14(18)20-15(3,4)5/h7-8,10H,16H2,1-6H3,(H,17,18). The molecule has 0 heterocycles. The summed E-state index contributed by atoms with van der Waals surface area (Å²) in [5.74, 6) is 0.813. The third-order valence-corrected chi connectivity index (χ3v) is 3.11. The molecule has 1 aromatic rings. The number of methoxy groups -OCH3 is 1. The molecule has 0 bridgehead atoms. The number of hydrogen-bond acceptors (Lipinski definition) is 3. The fraction of sp³-hybridized carbons (Fsp3) is 0.533. The Kier molecular flexibility index (Phi) is 5.09. The van der Waals surface area contributed by atoms with Crippen molar-refractivity contribution in [1.82, 2.24) is 5.32 Å². The van der Waals surface area contributed by atoms with Crippen LogP contribution in [0.2, 0.25) is 0 Å². The van der Waals surface area contributed by atoms with E-state index in [2.05, 4.69) is 5.32 Å². The molecule has 1 amide bonds. The first-order valence-electron chi connectivity index (χ1n) is 6.79. The minimum Gasteiger partial charge on any atom is -0.496 e. The molecule has 1 aromatic carbocycles. The highest BCUT2D eigenvalue weighted by Crippen LogP contribution is 2.27. The number of alkyl carbamates (subject to hydrolysis) is 1. The van der Waals surface area contributed by atoms with Crippen molar-refractivity contribution in [3.8, 4) is 5.75 Å². The second-order valence-corrected chi connectivity index (χ2v) is 6.00. The Morgan fingerprint density at radius 3 is 2.45 bits per heavy atom. The molecule has 1 rings (SSSR count). The average Bonchev–Trinajstić information content (AvgIpc) is 2.29. The van der Waals surface area contributed by atoms with Crippen molar-refractivity contribution < 1.29 is 14.3 Å². The molecule has 0 fully saturated rings. The quantitative estimate of drug-likeness (QED) is 0.858. The molecule has 1 N–H and O–H groups in total. The Hall–Kier alpha value is -1.65. The van der Waals surface area contributed by atoms with Crippen LogP contribution in [0.4, 0.5) is 4.79 Å². The number of hydrogen-bond donors (Lipinski definition) is 1. The fourth-order valence-electron chi connectivity index (χ4n) is 1.99. The van der Waals surface area contributed by atoms with Crippen molar-refractivity contribution in [1.29, 1.82) is 0 Å². The number of benzene rings is 1. The predicted octanol–water partition coefficient (Wildman–Crippen LogP) is 1.85. The Morgan fingerprint density at radius 1 is 1.35 bits per heavy atom. The van der Waals surface area contributed by atoms with E-state index in [1.165, 1.54) is 0 Å². The molecule has 0 aromatic heterocycles. The van der Waals surface area contributed by atoms with Crippen molar-refractivity contribution in [3.63, 3.8) is 0 Å². The van der Waals surface area contributed by atoms with E-state index >= 15 is 0 Å². The van der Waals surface area contributed by atoms with Gasteiger partial charge in [0.15, 0.2) is 0 Å². The molecule has 20 heavy (non-hydrogen) atoms. The first-order chi connectivity index (χ1) is 9.15. The van der Waals surface area contributed by atoms with Gasteiger partial charge in [-0.3, -0.25) is 0 Å². The molecule has 110 valence electrons. The highest BCUT2D eigenvalue weighted by Gasteiger charge is 2.20. The van der Waals surface area contributed by atoms with Crippen LogP contribution in [0, 0.1) is 6.92 Å². The second-order valence-electron chi connectivity index (χ2n) is 6.00. The first-order valence-corrected chi connectivity index (χ1v) is 6.79. The smallest absolute Gasteiger partial charge is 0.408 e. The molecular weight excluding hydrogens is 253 g/mol. The van der Waals surface area contributed by atoms with Crippen LogP contribution in [0.3, 0.4) is 0 Å². The summed E-state index contributed by atoms with van der Waals surface area (Å²) in [4.78, 5) is 11.8. The number of carbonyl (C=O) groups is 1. The Morgan fingerprint density at radius 2 is 1.95 bits per heavy atom. The number of carbonyl (C=O) groups excluding carboxylic acids is 1. The molecule has 0 aliphatic rings. The van der Waals surface area contributed by atoms with Crippen molar-refractivity contribution in [3.05, 3.63) is 23.3 Å². The zero-order valence-electron chi connectivity index (χ0n) is 13.5. The normalized spacial score (nSPS) is 12.7. The molecular formula is C15H24BNO3. The maximum Gasteiger partial charge on any atom is 0.408 e. The van der Waals surface area contributed by atoms with E-state index < -0.39 is 11.7 Å². The molecule has 1 unspecified atom stereocenters. The molecule has 0 saturated carbocycles. The summed E-state index contributed by atoms with van der Waals surface area (Å²) >= 11 is 0. The molecule has 0 aliphatic carbocycles. The van der Waals surface area contributed by atoms with Gasteiger partial charge in [-0.2, -0.15) is 0 Å². The number of rotatable bonds is 3. The molecule has 0 radical (unpaired) electrons. The Balaban J connectivity index is 2.90. The fourth-order valence-corrected chi connectivity index (χ4v) is 1.99. The van der Waals surface area contributed by atoms with E-state index in [0.29, 0.717) is 0 Å². The number of amides is 1. The van der Waals surface area contributed by atoms with E-state index in [4.69, 9.17) is 9.47 Å².